The van der Waals surface area contributed by atoms with E-state index in [0.717, 1.165) is 38.2 Å². The maximum atomic E-state index is 13.7. The van der Waals surface area contributed by atoms with Crippen LogP contribution in [0.15, 0.2) is 18.2 Å². The molecule has 1 aliphatic heterocycles. The van der Waals surface area contributed by atoms with Crippen molar-refractivity contribution in [2.24, 2.45) is 5.92 Å². The van der Waals surface area contributed by atoms with Crippen molar-refractivity contribution in [3.8, 4) is 0 Å². The second-order valence-electron chi connectivity index (χ2n) is 5.57. The SMILES string of the molecule is CC(C)C[C@@H](c1cccc(F)c1Cl)N1CCNCC1. The quantitative estimate of drug-likeness (QED) is 0.911. The summed E-state index contributed by atoms with van der Waals surface area (Å²) in [6.07, 6.45) is 1.00. The van der Waals surface area contributed by atoms with Gasteiger partial charge in [-0.15, -0.1) is 0 Å². The van der Waals surface area contributed by atoms with Crippen LogP contribution in [0.1, 0.15) is 31.9 Å². The Morgan fingerprint density at radius 2 is 2.00 bits per heavy atom. The summed E-state index contributed by atoms with van der Waals surface area (Å²) >= 11 is 6.17. The van der Waals surface area contributed by atoms with E-state index in [9.17, 15) is 4.39 Å². The van der Waals surface area contributed by atoms with E-state index in [0.29, 0.717) is 5.92 Å². The van der Waals surface area contributed by atoms with Crippen molar-refractivity contribution in [2.75, 3.05) is 26.2 Å². The second-order valence-corrected chi connectivity index (χ2v) is 5.95. The maximum Gasteiger partial charge on any atom is 0.142 e. The first-order valence-corrected chi connectivity index (χ1v) is 7.36. The van der Waals surface area contributed by atoms with E-state index in [1.807, 2.05) is 6.07 Å². The lowest BCUT2D eigenvalue weighted by Gasteiger charge is -2.36. The molecule has 2 rings (SSSR count). The first-order chi connectivity index (χ1) is 9.09. The van der Waals surface area contributed by atoms with Gasteiger partial charge in [0.1, 0.15) is 5.82 Å². The predicted molar refractivity (Wildman–Crippen MR) is 78.0 cm³/mol. The standard InChI is InChI=1S/C15H22ClFN2/c1-11(2)10-14(19-8-6-18-7-9-19)12-4-3-5-13(17)15(12)16/h3-5,11,14,18H,6-10H2,1-2H3/t14-/m0/s1. The van der Waals surface area contributed by atoms with Crippen LogP contribution in [0.2, 0.25) is 5.02 Å². The summed E-state index contributed by atoms with van der Waals surface area (Å²) in [5.74, 6) is 0.238. The first-order valence-electron chi connectivity index (χ1n) is 6.98. The van der Waals surface area contributed by atoms with E-state index in [1.165, 1.54) is 6.07 Å². The Morgan fingerprint density at radius 1 is 1.32 bits per heavy atom. The van der Waals surface area contributed by atoms with Gasteiger partial charge < -0.3 is 5.32 Å². The summed E-state index contributed by atoms with van der Waals surface area (Å²) in [7, 11) is 0. The predicted octanol–water partition coefficient (Wildman–Crippen LogP) is 3.47. The summed E-state index contributed by atoms with van der Waals surface area (Å²) in [6, 6.07) is 5.35. The molecule has 2 nitrogen and oxygen atoms in total. The van der Waals surface area contributed by atoms with E-state index in [4.69, 9.17) is 11.6 Å². The highest BCUT2D eigenvalue weighted by Gasteiger charge is 2.25. The van der Waals surface area contributed by atoms with Crippen LogP contribution >= 0.6 is 11.6 Å². The fourth-order valence-corrected chi connectivity index (χ4v) is 2.94. The highest BCUT2D eigenvalue weighted by molar-refractivity contribution is 6.31. The number of piperazine rings is 1. The largest absolute Gasteiger partial charge is 0.314 e. The highest BCUT2D eigenvalue weighted by Crippen LogP contribution is 2.34. The van der Waals surface area contributed by atoms with Crippen molar-refractivity contribution in [3.63, 3.8) is 0 Å². The molecule has 1 saturated heterocycles. The monoisotopic (exact) mass is 284 g/mol. The smallest absolute Gasteiger partial charge is 0.142 e. The molecule has 19 heavy (non-hydrogen) atoms. The van der Waals surface area contributed by atoms with Gasteiger partial charge in [-0.25, -0.2) is 4.39 Å². The number of halogens is 2. The molecule has 0 saturated carbocycles. The van der Waals surface area contributed by atoms with Gasteiger partial charge in [-0.1, -0.05) is 37.6 Å². The molecule has 1 aromatic carbocycles. The average molecular weight is 285 g/mol. The zero-order chi connectivity index (χ0) is 13.8. The Labute approximate surface area is 119 Å². The van der Waals surface area contributed by atoms with Gasteiger partial charge in [0.05, 0.1) is 5.02 Å². The van der Waals surface area contributed by atoms with Crippen LogP contribution in [-0.4, -0.2) is 31.1 Å². The molecule has 0 radical (unpaired) electrons. The minimum atomic E-state index is -0.317. The molecule has 106 valence electrons. The average Bonchev–Trinajstić information content (AvgIpc) is 2.40. The molecule has 0 spiro atoms. The van der Waals surface area contributed by atoms with Gasteiger partial charge in [-0.2, -0.15) is 0 Å². The third-order valence-electron chi connectivity index (χ3n) is 3.63. The summed E-state index contributed by atoms with van der Waals surface area (Å²) in [5.41, 5.74) is 0.928. The third-order valence-corrected chi connectivity index (χ3v) is 4.03. The first kappa shape index (κ1) is 14.8. The minimum absolute atomic E-state index is 0.213. The second kappa shape index (κ2) is 6.69. The number of hydrogen-bond donors (Lipinski definition) is 1. The van der Waals surface area contributed by atoms with Gasteiger partial charge in [0, 0.05) is 32.2 Å². The Morgan fingerprint density at radius 3 is 2.63 bits per heavy atom. The summed E-state index contributed by atoms with van der Waals surface area (Å²) < 4.78 is 13.7. The molecular formula is C15H22ClFN2. The minimum Gasteiger partial charge on any atom is -0.314 e. The Bertz CT molecular complexity index is 417. The normalized spacial score (nSPS) is 18.8. The topological polar surface area (TPSA) is 15.3 Å². The van der Waals surface area contributed by atoms with Gasteiger partial charge in [-0.3, -0.25) is 4.90 Å². The van der Waals surface area contributed by atoms with Crippen LogP contribution < -0.4 is 5.32 Å². The van der Waals surface area contributed by atoms with Crippen molar-refractivity contribution in [2.45, 2.75) is 26.3 Å². The Hall–Kier alpha value is -0.640. The Kier molecular flexibility index (Phi) is 5.20. The van der Waals surface area contributed by atoms with E-state index < -0.39 is 0 Å². The molecule has 0 amide bonds. The van der Waals surface area contributed by atoms with Crippen molar-refractivity contribution < 1.29 is 4.39 Å². The summed E-state index contributed by atoms with van der Waals surface area (Å²) in [6.45, 7) is 8.35. The van der Waals surface area contributed by atoms with Crippen LogP contribution in [0.3, 0.4) is 0 Å². The molecule has 1 aliphatic rings. The van der Waals surface area contributed by atoms with Crippen LogP contribution in [-0.2, 0) is 0 Å². The molecule has 1 aromatic rings. The molecule has 1 atom stereocenters. The van der Waals surface area contributed by atoms with Crippen molar-refractivity contribution >= 4 is 11.6 Å². The van der Waals surface area contributed by atoms with Crippen LogP contribution in [0.4, 0.5) is 4.39 Å². The number of hydrogen-bond acceptors (Lipinski definition) is 2. The fourth-order valence-electron chi connectivity index (χ4n) is 2.69. The lowest BCUT2D eigenvalue weighted by Crippen LogP contribution is -2.45. The number of rotatable bonds is 4. The zero-order valence-corrected chi connectivity index (χ0v) is 12.4. The van der Waals surface area contributed by atoms with Gasteiger partial charge in [0.25, 0.3) is 0 Å². The molecule has 0 aliphatic carbocycles. The van der Waals surface area contributed by atoms with Gasteiger partial charge in [-0.05, 0) is 24.0 Å². The summed E-state index contributed by atoms with van der Waals surface area (Å²) in [4.78, 5) is 2.41. The van der Waals surface area contributed by atoms with Gasteiger partial charge in [0.15, 0.2) is 0 Å². The van der Waals surface area contributed by atoms with Crippen molar-refractivity contribution in [1.29, 1.82) is 0 Å². The van der Waals surface area contributed by atoms with Crippen LogP contribution in [0, 0.1) is 11.7 Å². The molecule has 1 N–H and O–H groups in total. The number of nitrogens with zero attached hydrogens (tertiary/aromatic N) is 1. The zero-order valence-electron chi connectivity index (χ0n) is 11.6. The van der Waals surface area contributed by atoms with E-state index in [-0.39, 0.29) is 16.9 Å². The molecule has 0 aromatic heterocycles. The number of benzene rings is 1. The summed E-state index contributed by atoms with van der Waals surface area (Å²) in [5, 5.41) is 3.64. The molecular weight excluding hydrogens is 263 g/mol. The number of nitrogens with one attached hydrogen (secondary N) is 1. The maximum absolute atomic E-state index is 13.7. The van der Waals surface area contributed by atoms with E-state index in [1.54, 1.807) is 6.07 Å². The third kappa shape index (κ3) is 3.68. The molecule has 0 bridgehead atoms. The lowest BCUT2D eigenvalue weighted by molar-refractivity contribution is 0.154. The molecule has 0 unspecified atom stereocenters. The highest BCUT2D eigenvalue weighted by atomic mass is 35.5. The van der Waals surface area contributed by atoms with Crippen LogP contribution in [0.5, 0.6) is 0 Å². The van der Waals surface area contributed by atoms with E-state index in [2.05, 4.69) is 24.1 Å². The van der Waals surface area contributed by atoms with Gasteiger partial charge in [0.2, 0.25) is 0 Å². The molecule has 1 fully saturated rings. The molecule has 1 heterocycles. The fraction of sp³-hybridized carbons (Fsp3) is 0.600. The van der Waals surface area contributed by atoms with E-state index >= 15 is 0 Å². The lowest BCUT2D eigenvalue weighted by atomic mass is 9.95. The Balaban J connectivity index is 2.27. The molecule has 4 heteroatoms. The van der Waals surface area contributed by atoms with Crippen LogP contribution in [0.25, 0.3) is 0 Å². The van der Waals surface area contributed by atoms with Gasteiger partial charge >= 0.3 is 0 Å². The van der Waals surface area contributed by atoms with Crippen molar-refractivity contribution in [3.05, 3.63) is 34.6 Å². The van der Waals surface area contributed by atoms with Crippen molar-refractivity contribution in [1.82, 2.24) is 10.2 Å².